The summed E-state index contributed by atoms with van der Waals surface area (Å²) in [6, 6.07) is 5.88. The molecule has 1 atom stereocenters. The lowest BCUT2D eigenvalue weighted by atomic mass is 10.0. The number of aromatic nitrogens is 2. The van der Waals surface area contributed by atoms with Crippen LogP contribution in [0.25, 0.3) is 10.9 Å². The van der Waals surface area contributed by atoms with Crippen LogP contribution in [-0.2, 0) is 0 Å². The molecule has 0 bridgehead atoms. The summed E-state index contributed by atoms with van der Waals surface area (Å²) in [7, 11) is 0. The fourth-order valence-electron chi connectivity index (χ4n) is 2.79. The summed E-state index contributed by atoms with van der Waals surface area (Å²) in [5, 5.41) is 1.10. The molecule has 19 heavy (non-hydrogen) atoms. The third-order valence-electron chi connectivity index (χ3n) is 3.96. The zero-order chi connectivity index (χ0) is 13.2. The van der Waals surface area contributed by atoms with E-state index < -0.39 is 0 Å². The molecule has 0 aliphatic carbocycles. The monoisotopic (exact) mass is 256 g/mol. The van der Waals surface area contributed by atoms with Gasteiger partial charge in [-0.05, 0) is 43.4 Å². The number of hydrogen-bond acceptors (Lipinski definition) is 4. The lowest BCUT2D eigenvalue weighted by Crippen LogP contribution is -2.25. The van der Waals surface area contributed by atoms with Crippen LogP contribution in [0.5, 0.6) is 0 Å². The van der Waals surface area contributed by atoms with Gasteiger partial charge in [0.15, 0.2) is 0 Å². The van der Waals surface area contributed by atoms with Gasteiger partial charge >= 0.3 is 0 Å². The predicted octanol–water partition coefficient (Wildman–Crippen LogP) is 2.84. The summed E-state index contributed by atoms with van der Waals surface area (Å²) in [5.74, 6) is 1.87. The molecule has 0 saturated carbocycles. The van der Waals surface area contributed by atoms with Crippen molar-refractivity contribution in [3.05, 3.63) is 24.5 Å². The Morgan fingerprint density at radius 2 is 2.11 bits per heavy atom. The summed E-state index contributed by atoms with van der Waals surface area (Å²) < 4.78 is 0. The molecule has 100 valence electrons. The molecule has 0 radical (unpaired) electrons. The van der Waals surface area contributed by atoms with Crippen LogP contribution >= 0.6 is 0 Å². The number of nitrogens with two attached hydrogens (primary N) is 1. The molecule has 2 aromatic rings. The largest absolute Gasteiger partial charge is 0.399 e. The van der Waals surface area contributed by atoms with E-state index in [1.165, 1.54) is 19.3 Å². The van der Waals surface area contributed by atoms with Crippen molar-refractivity contribution < 1.29 is 0 Å². The smallest absolute Gasteiger partial charge is 0.139 e. The third-order valence-corrected chi connectivity index (χ3v) is 3.96. The number of rotatable bonds is 1. The molecule has 3 rings (SSSR count). The second-order valence-corrected chi connectivity index (χ2v) is 5.50. The van der Waals surface area contributed by atoms with Crippen LogP contribution in [0.15, 0.2) is 24.5 Å². The summed E-state index contributed by atoms with van der Waals surface area (Å²) in [6.45, 7) is 4.50. The second-order valence-electron chi connectivity index (χ2n) is 5.50. The van der Waals surface area contributed by atoms with Gasteiger partial charge in [-0.1, -0.05) is 6.92 Å². The highest BCUT2D eigenvalue weighted by Crippen LogP contribution is 2.27. The minimum Gasteiger partial charge on any atom is -0.399 e. The Bertz CT molecular complexity index is 581. The first-order valence-corrected chi connectivity index (χ1v) is 6.99. The van der Waals surface area contributed by atoms with Crippen molar-refractivity contribution in [1.82, 2.24) is 9.97 Å². The number of fused-ring (bicyclic) bond motifs is 1. The van der Waals surface area contributed by atoms with Crippen LogP contribution in [0.2, 0.25) is 0 Å². The Hall–Kier alpha value is -1.84. The zero-order valence-corrected chi connectivity index (χ0v) is 11.3. The number of nitrogen functional groups attached to an aromatic ring is 1. The molecule has 1 aliphatic rings. The number of benzene rings is 1. The summed E-state index contributed by atoms with van der Waals surface area (Å²) in [4.78, 5) is 11.2. The Morgan fingerprint density at radius 3 is 3.00 bits per heavy atom. The van der Waals surface area contributed by atoms with Gasteiger partial charge in [-0.15, -0.1) is 0 Å². The van der Waals surface area contributed by atoms with Gasteiger partial charge in [0.2, 0.25) is 0 Å². The van der Waals surface area contributed by atoms with Gasteiger partial charge in [-0.3, -0.25) is 0 Å². The molecule has 4 heteroatoms. The van der Waals surface area contributed by atoms with E-state index in [0.717, 1.165) is 41.4 Å². The van der Waals surface area contributed by atoms with E-state index in [2.05, 4.69) is 21.8 Å². The zero-order valence-electron chi connectivity index (χ0n) is 11.3. The van der Waals surface area contributed by atoms with Crippen molar-refractivity contribution in [2.24, 2.45) is 5.92 Å². The Morgan fingerprint density at radius 1 is 1.21 bits per heavy atom. The summed E-state index contributed by atoms with van der Waals surface area (Å²) >= 11 is 0. The lowest BCUT2D eigenvalue weighted by Gasteiger charge is -2.22. The first-order valence-electron chi connectivity index (χ1n) is 6.99. The molecule has 1 fully saturated rings. The average molecular weight is 256 g/mol. The third kappa shape index (κ3) is 2.48. The van der Waals surface area contributed by atoms with Crippen LogP contribution in [-0.4, -0.2) is 23.1 Å². The van der Waals surface area contributed by atoms with E-state index in [1.54, 1.807) is 6.33 Å². The fourth-order valence-corrected chi connectivity index (χ4v) is 2.79. The van der Waals surface area contributed by atoms with Crippen molar-refractivity contribution in [1.29, 1.82) is 0 Å². The first kappa shape index (κ1) is 12.2. The van der Waals surface area contributed by atoms with E-state index in [9.17, 15) is 0 Å². The van der Waals surface area contributed by atoms with E-state index in [1.807, 2.05) is 18.2 Å². The van der Waals surface area contributed by atoms with Crippen molar-refractivity contribution in [2.75, 3.05) is 23.7 Å². The maximum Gasteiger partial charge on any atom is 0.139 e. The highest BCUT2D eigenvalue weighted by atomic mass is 15.2. The van der Waals surface area contributed by atoms with Gasteiger partial charge in [-0.2, -0.15) is 0 Å². The number of nitrogens with zero attached hydrogens (tertiary/aromatic N) is 3. The quantitative estimate of drug-likeness (QED) is 0.797. The maximum absolute atomic E-state index is 5.82. The van der Waals surface area contributed by atoms with E-state index in [4.69, 9.17) is 5.73 Å². The van der Waals surface area contributed by atoms with Crippen LogP contribution in [0.3, 0.4) is 0 Å². The summed E-state index contributed by atoms with van der Waals surface area (Å²) in [6.07, 6.45) is 5.43. The van der Waals surface area contributed by atoms with Gasteiger partial charge in [0.25, 0.3) is 0 Å². The minimum absolute atomic E-state index is 0.752. The SMILES string of the molecule is CC1CCCN(c2ncnc3cc(N)ccc23)CC1. The lowest BCUT2D eigenvalue weighted by molar-refractivity contribution is 0.521. The molecule has 2 heterocycles. The Labute approximate surface area is 113 Å². The molecule has 1 aromatic heterocycles. The molecule has 2 N–H and O–H groups in total. The van der Waals surface area contributed by atoms with Crippen molar-refractivity contribution in [2.45, 2.75) is 26.2 Å². The van der Waals surface area contributed by atoms with Crippen LogP contribution < -0.4 is 10.6 Å². The number of hydrogen-bond donors (Lipinski definition) is 1. The van der Waals surface area contributed by atoms with Crippen LogP contribution in [0, 0.1) is 5.92 Å². The van der Waals surface area contributed by atoms with Crippen molar-refractivity contribution in [3.8, 4) is 0 Å². The molecule has 1 aromatic carbocycles. The van der Waals surface area contributed by atoms with Crippen LogP contribution in [0.1, 0.15) is 26.2 Å². The topological polar surface area (TPSA) is 55.0 Å². The summed E-state index contributed by atoms with van der Waals surface area (Å²) in [5.41, 5.74) is 7.51. The first-order chi connectivity index (χ1) is 9.24. The van der Waals surface area contributed by atoms with Crippen LogP contribution in [0.4, 0.5) is 11.5 Å². The Kier molecular flexibility index (Phi) is 3.23. The molecular formula is C15H20N4. The minimum atomic E-state index is 0.752. The average Bonchev–Trinajstić information content (AvgIpc) is 2.62. The van der Waals surface area contributed by atoms with Gasteiger partial charge < -0.3 is 10.6 Å². The Balaban J connectivity index is 2.00. The normalized spacial score (nSPS) is 20.5. The molecule has 1 aliphatic heterocycles. The predicted molar refractivity (Wildman–Crippen MR) is 79.2 cm³/mol. The highest BCUT2D eigenvalue weighted by Gasteiger charge is 2.17. The van der Waals surface area contributed by atoms with Gasteiger partial charge in [-0.25, -0.2) is 9.97 Å². The molecule has 1 saturated heterocycles. The highest BCUT2D eigenvalue weighted by molar-refractivity contribution is 5.91. The van der Waals surface area contributed by atoms with Gasteiger partial charge in [0.1, 0.15) is 12.1 Å². The van der Waals surface area contributed by atoms with E-state index >= 15 is 0 Å². The molecule has 4 nitrogen and oxygen atoms in total. The van der Waals surface area contributed by atoms with E-state index in [-0.39, 0.29) is 0 Å². The maximum atomic E-state index is 5.82. The molecule has 1 unspecified atom stereocenters. The molecule has 0 spiro atoms. The van der Waals surface area contributed by atoms with Gasteiger partial charge in [0.05, 0.1) is 5.52 Å². The molecule has 0 amide bonds. The standard InChI is InChI=1S/C15H20N4/c1-11-3-2-7-19(8-6-11)15-13-5-4-12(16)9-14(13)17-10-18-15/h4-5,9-11H,2-3,6-8,16H2,1H3. The van der Waals surface area contributed by atoms with Gasteiger partial charge in [0, 0.05) is 24.2 Å². The number of anilines is 2. The van der Waals surface area contributed by atoms with Crippen molar-refractivity contribution >= 4 is 22.4 Å². The second kappa shape index (κ2) is 5.03. The van der Waals surface area contributed by atoms with Crippen molar-refractivity contribution in [3.63, 3.8) is 0 Å². The van der Waals surface area contributed by atoms with E-state index in [0.29, 0.717) is 0 Å². The fraction of sp³-hybridized carbons (Fsp3) is 0.467. The molecular weight excluding hydrogens is 236 g/mol.